The van der Waals surface area contributed by atoms with Crippen LogP contribution in [0, 0.1) is 6.92 Å². The first-order valence-corrected chi connectivity index (χ1v) is 18.9. The van der Waals surface area contributed by atoms with Crippen LogP contribution in [0.1, 0.15) is 58.1 Å². The molecule has 3 unspecified atom stereocenters. The van der Waals surface area contributed by atoms with E-state index < -0.39 is 14.5 Å². The molecule has 0 aliphatic carbocycles. The maximum Gasteiger partial charge on any atom is 0.251 e. The van der Waals surface area contributed by atoms with Crippen molar-refractivity contribution in [2.24, 2.45) is 0 Å². The van der Waals surface area contributed by atoms with Crippen molar-refractivity contribution in [3.8, 4) is 11.4 Å². The zero-order valence-electron chi connectivity index (χ0n) is 26.8. The van der Waals surface area contributed by atoms with E-state index in [0.29, 0.717) is 30.1 Å². The second kappa shape index (κ2) is 12.9. The fraction of sp³-hybridized carbons (Fsp3) is 0.382. The first kappa shape index (κ1) is 32.4. The van der Waals surface area contributed by atoms with E-state index in [9.17, 15) is 14.7 Å². The van der Waals surface area contributed by atoms with Crippen LogP contribution in [-0.4, -0.2) is 88.2 Å². The lowest BCUT2D eigenvalue weighted by Gasteiger charge is -2.35. The number of methoxy groups -OCH3 is 1. The smallest absolute Gasteiger partial charge is 0.251 e. The molecular formula is C34H41ClN6O4Si. The monoisotopic (exact) mass is 660 g/mol. The first-order valence-electron chi connectivity index (χ1n) is 15.6. The van der Waals surface area contributed by atoms with Crippen molar-refractivity contribution in [1.29, 1.82) is 0 Å². The van der Waals surface area contributed by atoms with Crippen LogP contribution in [0.25, 0.3) is 5.69 Å². The molecule has 12 heteroatoms. The van der Waals surface area contributed by atoms with Crippen molar-refractivity contribution < 1.29 is 19.4 Å². The molecule has 6 rings (SSSR count). The van der Waals surface area contributed by atoms with Gasteiger partial charge in [-0.05, 0) is 86.7 Å². The number of aryl methyl sites for hydroxylation is 1. The number of ether oxygens (including phenoxy) is 1. The molecule has 0 bridgehead atoms. The molecule has 46 heavy (non-hydrogen) atoms. The van der Waals surface area contributed by atoms with Gasteiger partial charge in [-0.2, -0.15) is 0 Å². The van der Waals surface area contributed by atoms with Crippen molar-refractivity contribution in [3.63, 3.8) is 0 Å². The summed E-state index contributed by atoms with van der Waals surface area (Å²) in [5, 5.41) is 25.4. The van der Waals surface area contributed by atoms with Crippen LogP contribution in [0.4, 0.5) is 0 Å². The van der Waals surface area contributed by atoms with Gasteiger partial charge in [0.15, 0.2) is 5.82 Å². The summed E-state index contributed by atoms with van der Waals surface area (Å²) in [5.74, 6) is 2.08. The van der Waals surface area contributed by atoms with Gasteiger partial charge < -0.3 is 20.0 Å². The lowest BCUT2D eigenvalue weighted by molar-refractivity contribution is -0.0119. The molecule has 1 fully saturated rings. The third-order valence-electron chi connectivity index (χ3n) is 9.24. The maximum absolute atomic E-state index is 13.1. The molecule has 1 saturated heterocycles. The van der Waals surface area contributed by atoms with E-state index in [1.807, 2.05) is 73.4 Å². The van der Waals surface area contributed by atoms with Crippen LogP contribution in [0.2, 0.25) is 18.1 Å². The van der Waals surface area contributed by atoms with Gasteiger partial charge in [-0.15, -0.1) is 10.2 Å². The largest absolute Gasteiger partial charge is 0.497 e. The average Bonchev–Trinajstić information content (AvgIpc) is 3.64. The Kier molecular flexibility index (Phi) is 9.08. The highest BCUT2D eigenvalue weighted by Gasteiger charge is 2.39. The minimum Gasteiger partial charge on any atom is -0.497 e. The Bertz CT molecular complexity index is 1730. The Morgan fingerprint density at radius 3 is 2.61 bits per heavy atom. The van der Waals surface area contributed by atoms with E-state index in [1.165, 1.54) is 0 Å². The molecule has 10 nitrogen and oxygen atoms in total. The van der Waals surface area contributed by atoms with E-state index >= 15 is 0 Å². The third-order valence-corrected chi connectivity index (χ3v) is 11.2. The Morgan fingerprint density at radius 1 is 1.13 bits per heavy atom. The second-order valence-corrected chi connectivity index (χ2v) is 16.9. The molecule has 1 amide bonds. The molecule has 3 heterocycles. The fourth-order valence-corrected chi connectivity index (χ4v) is 7.86. The van der Waals surface area contributed by atoms with Crippen LogP contribution in [0.5, 0.6) is 5.75 Å². The van der Waals surface area contributed by atoms with Gasteiger partial charge in [-0.1, -0.05) is 35.9 Å². The van der Waals surface area contributed by atoms with Crippen LogP contribution >= 0.6 is 11.6 Å². The molecule has 2 aliphatic rings. The number of aromatic nitrogens is 3. The van der Waals surface area contributed by atoms with Crippen molar-refractivity contribution in [2.75, 3.05) is 27.2 Å². The number of nitrogens with zero attached hydrogens (tertiary/aromatic N) is 5. The first-order chi connectivity index (χ1) is 21.9. The summed E-state index contributed by atoms with van der Waals surface area (Å²) >= 11 is 6.29. The van der Waals surface area contributed by atoms with E-state index in [1.54, 1.807) is 19.2 Å². The lowest BCUT2D eigenvalue weighted by atomic mass is 9.94. The summed E-state index contributed by atoms with van der Waals surface area (Å²) in [6.45, 7) is 6.77. The lowest BCUT2D eigenvalue weighted by Crippen LogP contribution is -2.43. The highest BCUT2D eigenvalue weighted by atomic mass is 35.5. The molecule has 4 atom stereocenters. The average molecular weight is 661 g/mol. The highest BCUT2D eigenvalue weighted by Crippen LogP contribution is 2.44. The van der Waals surface area contributed by atoms with Crippen LogP contribution in [-0.2, 0) is 0 Å². The minimum atomic E-state index is -2.54. The molecule has 4 aromatic rings. The van der Waals surface area contributed by atoms with Crippen molar-refractivity contribution in [1.82, 2.24) is 29.9 Å². The van der Waals surface area contributed by atoms with Gasteiger partial charge in [0, 0.05) is 41.7 Å². The third kappa shape index (κ3) is 6.35. The number of fused-ring (bicyclic) bond motifs is 3. The fourth-order valence-electron chi connectivity index (χ4n) is 6.72. The maximum atomic E-state index is 13.1. The van der Waals surface area contributed by atoms with E-state index in [4.69, 9.17) is 16.3 Å². The summed E-state index contributed by atoms with van der Waals surface area (Å²) in [6.07, 6.45) is 0.311. The number of carbonyl (C=O) groups excluding carboxylic acids is 1. The van der Waals surface area contributed by atoms with Crippen molar-refractivity contribution >= 4 is 31.0 Å². The minimum absolute atomic E-state index is 0.110. The number of carbonyl (C=O) groups is 1. The van der Waals surface area contributed by atoms with E-state index in [2.05, 4.69) is 38.1 Å². The molecular weight excluding hydrogens is 620 g/mol. The number of rotatable bonds is 8. The summed E-state index contributed by atoms with van der Waals surface area (Å²) in [4.78, 5) is 27.9. The molecule has 0 spiro atoms. The zero-order valence-corrected chi connectivity index (χ0v) is 28.6. The number of amides is 1. The number of nitrogens with one attached hydrogen (secondary N) is 1. The van der Waals surface area contributed by atoms with Crippen LogP contribution in [0.15, 0.2) is 66.7 Å². The molecule has 3 aromatic carbocycles. The summed E-state index contributed by atoms with van der Waals surface area (Å²) < 4.78 is 7.72. The zero-order chi connectivity index (χ0) is 32.7. The Labute approximate surface area is 275 Å². The Balaban J connectivity index is 1.25. The van der Waals surface area contributed by atoms with Crippen molar-refractivity contribution in [3.05, 3.63) is 100 Å². The number of aliphatic hydroxyl groups excluding tert-OH is 1. The van der Waals surface area contributed by atoms with Gasteiger partial charge in [0.25, 0.3) is 5.91 Å². The predicted octanol–water partition coefficient (Wildman–Crippen LogP) is 3.93. The Hall–Kier alpha value is -3.58. The molecule has 0 saturated carbocycles. The highest BCUT2D eigenvalue weighted by molar-refractivity contribution is 6.83. The molecule has 0 radical (unpaired) electrons. The van der Waals surface area contributed by atoms with Gasteiger partial charge in [0.05, 0.1) is 24.9 Å². The number of aliphatic hydroxyl groups is 1. The number of benzene rings is 3. The molecule has 3 N–H and O–H groups in total. The van der Waals surface area contributed by atoms with Gasteiger partial charge >= 0.3 is 0 Å². The summed E-state index contributed by atoms with van der Waals surface area (Å²) in [6, 6.07) is 20.5. The van der Waals surface area contributed by atoms with Crippen molar-refractivity contribution in [2.45, 2.75) is 57.2 Å². The van der Waals surface area contributed by atoms with E-state index in [0.717, 1.165) is 45.8 Å². The number of hydrogen-bond acceptors (Lipinski definition) is 8. The Morgan fingerprint density at radius 2 is 1.89 bits per heavy atom. The normalized spacial score (nSPS) is 20.9. The van der Waals surface area contributed by atoms with Gasteiger partial charge in [0.2, 0.25) is 8.32 Å². The molecule has 1 aromatic heterocycles. The molecule has 2 aliphatic heterocycles. The van der Waals surface area contributed by atoms with Gasteiger partial charge in [-0.25, -0.2) is 0 Å². The summed E-state index contributed by atoms with van der Waals surface area (Å²) in [7, 11) is 1.17. The standard InChI is InChI=1S/C34H41ClN6O4Si/c1-21-37-38-33-30(19-31(42)40-16-15-25(20-40)36-34(43)23-7-6-8-27(17-23)46(4,5)44)39(2)32(22-9-11-24(35)12-10-22)28-18-26(45-3)13-14-29(28)41(21)33/h6-14,17-18,25,30-32,42,44H,15-16,19-20H2,1-5H3,(H,36,43)/t25?,30-,31?,32?/m0/s1. The topological polar surface area (TPSA) is 116 Å². The molecule has 242 valence electrons. The second-order valence-electron chi connectivity index (χ2n) is 12.8. The quantitative estimate of drug-likeness (QED) is 0.244. The van der Waals surface area contributed by atoms with Crippen LogP contribution in [0.3, 0.4) is 0 Å². The number of halogens is 1. The predicted molar refractivity (Wildman–Crippen MR) is 180 cm³/mol. The number of hydrogen-bond donors (Lipinski definition) is 3. The van der Waals surface area contributed by atoms with Gasteiger partial charge in [-0.3, -0.25) is 19.2 Å². The van der Waals surface area contributed by atoms with Crippen LogP contribution < -0.4 is 15.2 Å². The summed E-state index contributed by atoms with van der Waals surface area (Å²) in [5.41, 5.74) is 3.58. The number of likely N-dealkylation sites (tertiary alicyclic amines) is 1. The SMILES string of the molecule is COc1ccc2c(c1)C(c1ccc(Cl)cc1)N(C)[C@@H](CC(O)N1CCC(NC(=O)c3cccc([Si](C)(C)O)c3)C1)c1nnc(C)n1-2. The van der Waals surface area contributed by atoms with E-state index in [-0.39, 0.29) is 24.0 Å². The van der Waals surface area contributed by atoms with Gasteiger partial charge in [0.1, 0.15) is 17.8 Å².